The van der Waals surface area contributed by atoms with E-state index in [9.17, 15) is 13.2 Å². The second-order valence-electron chi connectivity index (χ2n) is 8.36. The molecule has 1 fully saturated rings. The number of carbonyl (C=O) groups is 1. The van der Waals surface area contributed by atoms with E-state index in [4.69, 9.17) is 9.47 Å². The third-order valence-corrected chi connectivity index (χ3v) is 8.17. The Bertz CT molecular complexity index is 1110. The Labute approximate surface area is 196 Å². The van der Waals surface area contributed by atoms with Crippen LogP contribution in [-0.4, -0.2) is 62.9 Å². The molecule has 1 amide bonds. The number of ether oxygens (including phenoxy) is 2. The van der Waals surface area contributed by atoms with Gasteiger partial charge in [-0.05, 0) is 81.0 Å². The number of rotatable bonds is 7. The van der Waals surface area contributed by atoms with Gasteiger partial charge < -0.3 is 14.4 Å². The average molecular weight is 473 g/mol. The summed E-state index contributed by atoms with van der Waals surface area (Å²) in [7, 11) is -3.58. The maximum Gasteiger partial charge on any atom is 0.254 e. The average Bonchev–Trinajstić information content (AvgIpc) is 2.84. The molecule has 178 valence electrons. The Morgan fingerprint density at radius 3 is 2.21 bits per heavy atom. The minimum atomic E-state index is -3.58. The molecule has 1 aliphatic heterocycles. The molecule has 0 aromatic heterocycles. The molecule has 1 heterocycles. The molecule has 0 radical (unpaired) electrons. The Morgan fingerprint density at radius 1 is 0.848 bits per heavy atom. The molecule has 0 spiro atoms. The van der Waals surface area contributed by atoms with Crippen molar-refractivity contribution < 1.29 is 22.7 Å². The van der Waals surface area contributed by atoms with Crippen molar-refractivity contribution in [2.24, 2.45) is 0 Å². The van der Waals surface area contributed by atoms with Gasteiger partial charge in [-0.3, -0.25) is 4.79 Å². The van der Waals surface area contributed by atoms with Crippen molar-refractivity contribution >= 4 is 15.9 Å². The number of benzene rings is 2. The molecule has 0 saturated carbocycles. The standard InChI is InChI=1S/C25H32N2O5S/c1-3-31-23-12-10-21(18-24(23)32-4-2)25(28)26-13-15-27(16-14-26)33(29,30)22-11-9-19-7-5-6-8-20(19)17-22/h9-12,17-18H,3-8,13-16H2,1-2H3. The van der Waals surface area contributed by atoms with Crippen molar-refractivity contribution in [3.05, 3.63) is 53.1 Å². The van der Waals surface area contributed by atoms with Crippen LogP contribution in [0.15, 0.2) is 41.3 Å². The second kappa shape index (κ2) is 10.1. The summed E-state index contributed by atoms with van der Waals surface area (Å²) in [4.78, 5) is 15.1. The predicted octanol–water partition coefficient (Wildman–Crippen LogP) is 3.51. The molecule has 7 nitrogen and oxygen atoms in total. The summed E-state index contributed by atoms with van der Waals surface area (Å²) < 4.78 is 39.2. The second-order valence-corrected chi connectivity index (χ2v) is 10.3. The summed E-state index contributed by atoms with van der Waals surface area (Å²) in [6.45, 7) is 6.01. The summed E-state index contributed by atoms with van der Waals surface area (Å²) in [6.07, 6.45) is 4.23. The lowest BCUT2D eigenvalue weighted by molar-refractivity contribution is 0.0697. The molecule has 2 aromatic rings. The normalized spacial score (nSPS) is 16.8. The van der Waals surface area contributed by atoms with Crippen LogP contribution >= 0.6 is 0 Å². The van der Waals surface area contributed by atoms with Crippen LogP contribution in [0.25, 0.3) is 0 Å². The van der Waals surface area contributed by atoms with E-state index in [0.29, 0.717) is 48.3 Å². The fraction of sp³-hybridized carbons (Fsp3) is 0.480. The fourth-order valence-electron chi connectivity index (χ4n) is 4.52. The van der Waals surface area contributed by atoms with Crippen molar-refractivity contribution in [2.45, 2.75) is 44.4 Å². The van der Waals surface area contributed by atoms with Crippen LogP contribution < -0.4 is 9.47 Å². The van der Waals surface area contributed by atoms with Crippen LogP contribution in [-0.2, 0) is 22.9 Å². The lowest BCUT2D eigenvalue weighted by atomic mass is 9.92. The lowest BCUT2D eigenvalue weighted by Crippen LogP contribution is -2.50. The minimum Gasteiger partial charge on any atom is -0.490 e. The Morgan fingerprint density at radius 2 is 1.52 bits per heavy atom. The number of aryl methyl sites for hydroxylation is 2. The molecule has 33 heavy (non-hydrogen) atoms. The molecular weight excluding hydrogens is 440 g/mol. The largest absolute Gasteiger partial charge is 0.490 e. The van der Waals surface area contributed by atoms with E-state index in [1.54, 1.807) is 29.2 Å². The smallest absolute Gasteiger partial charge is 0.254 e. The van der Waals surface area contributed by atoms with Crippen LogP contribution in [0.1, 0.15) is 48.2 Å². The molecule has 0 unspecified atom stereocenters. The molecule has 2 aliphatic rings. The third kappa shape index (κ3) is 5.01. The monoisotopic (exact) mass is 472 g/mol. The van der Waals surface area contributed by atoms with Gasteiger partial charge in [0.15, 0.2) is 11.5 Å². The SMILES string of the molecule is CCOc1ccc(C(=O)N2CCN(S(=O)(=O)c3ccc4c(c3)CCCC4)CC2)cc1OCC. The Kier molecular flexibility index (Phi) is 7.24. The van der Waals surface area contributed by atoms with Crippen molar-refractivity contribution in [1.82, 2.24) is 9.21 Å². The Hall–Kier alpha value is -2.58. The highest BCUT2D eigenvalue weighted by atomic mass is 32.2. The van der Waals surface area contributed by atoms with Gasteiger partial charge in [-0.25, -0.2) is 8.42 Å². The summed E-state index contributed by atoms with van der Waals surface area (Å²) in [5.74, 6) is 1.01. The molecular formula is C25H32N2O5S. The fourth-order valence-corrected chi connectivity index (χ4v) is 5.99. The lowest BCUT2D eigenvalue weighted by Gasteiger charge is -2.34. The molecule has 1 saturated heterocycles. The summed E-state index contributed by atoms with van der Waals surface area (Å²) in [5, 5.41) is 0. The first-order valence-electron chi connectivity index (χ1n) is 11.7. The molecule has 0 N–H and O–H groups in total. The van der Waals surface area contributed by atoms with Gasteiger partial charge in [0.05, 0.1) is 18.1 Å². The first-order valence-corrected chi connectivity index (χ1v) is 13.2. The molecule has 2 aromatic carbocycles. The molecule has 0 bridgehead atoms. The van der Waals surface area contributed by atoms with E-state index in [-0.39, 0.29) is 19.0 Å². The number of hydrogen-bond acceptors (Lipinski definition) is 5. The highest BCUT2D eigenvalue weighted by molar-refractivity contribution is 7.89. The summed E-state index contributed by atoms with van der Waals surface area (Å²) >= 11 is 0. The zero-order valence-corrected chi connectivity index (χ0v) is 20.2. The van der Waals surface area contributed by atoms with Gasteiger partial charge in [-0.15, -0.1) is 0 Å². The van der Waals surface area contributed by atoms with Crippen LogP contribution in [0, 0.1) is 0 Å². The predicted molar refractivity (Wildman–Crippen MR) is 127 cm³/mol. The van der Waals surface area contributed by atoms with Gasteiger partial charge in [0.1, 0.15) is 0 Å². The third-order valence-electron chi connectivity index (χ3n) is 6.27. The number of nitrogens with zero attached hydrogens (tertiary/aromatic N) is 2. The van der Waals surface area contributed by atoms with E-state index in [0.717, 1.165) is 31.2 Å². The van der Waals surface area contributed by atoms with E-state index < -0.39 is 10.0 Å². The van der Waals surface area contributed by atoms with Crippen LogP contribution in [0.4, 0.5) is 0 Å². The zero-order valence-electron chi connectivity index (χ0n) is 19.4. The molecule has 8 heteroatoms. The van der Waals surface area contributed by atoms with Crippen LogP contribution in [0.3, 0.4) is 0 Å². The van der Waals surface area contributed by atoms with Gasteiger partial charge in [0.25, 0.3) is 5.91 Å². The molecule has 4 rings (SSSR count). The zero-order chi connectivity index (χ0) is 23.4. The summed E-state index contributed by atoms with van der Waals surface area (Å²) in [5.41, 5.74) is 2.92. The van der Waals surface area contributed by atoms with Gasteiger partial charge in [-0.1, -0.05) is 6.07 Å². The first-order chi connectivity index (χ1) is 15.9. The first kappa shape index (κ1) is 23.6. The van der Waals surface area contributed by atoms with Gasteiger partial charge in [0, 0.05) is 31.7 Å². The quantitative estimate of drug-likeness (QED) is 0.616. The maximum atomic E-state index is 13.2. The van der Waals surface area contributed by atoms with Crippen LogP contribution in [0.2, 0.25) is 0 Å². The van der Waals surface area contributed by atoms with Crippen LogP contribution in [0.5, 0.6) is 11.5 Å². The van der Waals surface area contributed by atoms with Crippen molar-refractivity contribution in [3.63, 3.8) is 0 Å². The van der Waals surface area contributed by atoms with Crippen molar-refractivity contribution in [3.8, 4) is 11.5 Å². The van der Waals surface area contributed by atoms with Gasteiger partial charge in [0.2, 0.25) is 10.0 Å². The number of sulfonamides is 1. The van der Waals surface area contributed by atoms with E-state index >= 15 is 0 Å². The van der Waals surface area contributed by atoms with Gasteiger partial charge >= 0.3 is 0 Å². The van der Waals surface area contributed by atoms with Crippen molar-refractivity contribution in [2.75, 3.05) is 39.4 Å². The Balaban J connectivity index is 1.44. The maximum absolute atomic E-state index is 13.2. The van der Waals surface area contributed by atoms with E-state index in [2.05, 4.69) is 0 Å². The number of carbonyl (C=O) groups excluding carboxylic acids is 1. The molecule has 0 atom stereocenters. The number of hydrogen-bond donors (Lipinski definition) is 0. The van der Waals surface area contributed by atoms with E-state index in [1.165, 1.54) is 9.87 Å². The molecule has 1 aliphatic carbocycles. The van der Waals surface area contributed by atoms with Crippen molar-refractivity contribution in [1.29, 1.82) is 0 Å². The summed E-state index contributed by atoms with van der Waals surface area (Å²) in [6, 6.07) is 10.7. The number of fused-ring (bicyclic) bond motifs is 1. The van der Waals surface area contributed by atoms with E-state index in [1.807, 2.05) is 26.0 Å². The number of amides is 1. The highest BCUT2D eigenvalue weighted by Crippen LogP contribution is 2.30. The highest BCUT2D eigenvalue weighted by Gasteiger charge is 2.31. The van der Waals surface area contributed by atoms with Gasteiger partial charge in [-0.2, -0.15) is 4.31 Å². The minimum absolute atomic E-state index is 0.134. The number of piperazine rings is 1. The topological polar surface area (TPSA) is 76.2 Å².